The summed E-state index contributed by atoms with van der Waals surface area (Å²) in [6.07, 6.45) is 1.15. The van der Waals surface area contributed by atoms with E-state index in [0.29, 0.717) is 19.6 Å². The Morgan fingerprint density at radius 2 is 2.28 bits per heavy atom. The molecule has 0 saturated carbocycles. The fourth-order valence-corrected chi connectivity index (χ4v) is 1.76. The molecule has 1 amide bonds. The third-order valence-corrected chi connectivity index (χ3v) is 2.67. The summed E-state index contributed by atoms with van der Waals surface area (Å²) in [6.45, 7) is 3.13. The maximum absolute atomic E-state index is 11.7. The lowest BCUT2D eigenvalue weighted by Gasteiger charge is -2.11. The lowest BCUT2D eigenvalue weighted by Crippen LogP contribution is -2.33. The van der Waals surface area contributed by atoms with Gasteiger partial charge >= 0.3 is 0 Å². The van der Waals surface area contributed by atoms with Crippen LogP contribution in [0, 0.1) is 6.92 Å². The number of methoxy groups -OCH3 is 1. The molecule has 0 aliphatic rings. The number of carbonyl (C=O) groups excluding carboxylic acids is 1. The topological polar surface area (TPSA) is 64.3 Å². The van der Waals surface area contributed by atoms with Crippen LogP contribution in [0.15, 0.2) is 24.3 Å². The quantitative estimate of drug-likeness (QED) is 0.759. The lowest BCUT2D eigenvalue weighted by molar-refractivity contribution is -0.120. The maximum atomic E-state index is 11.7. The standard InChI is InChI=1S/C14H22N2O2/c1-11-4-3-5-12(8-11)9-14(17)16-7-6-13(15)10-18-2/h3-5,8,13H,6-7,9-10,15H2,1-2H3,(H,16,17). The summed E-state index contributed by atoms with van der Waals surface area (Å²) in [5.41, 5.74) is 7.97. The average Bonchev–Trinajstić information content (AvgIpc) is 2.29. The molecule has 1 aromatic carbocycles. The average molecular weight is 250 g/mol. The molecule has 4 nitrogen and oxygen atoms in total. The van der Waals surface area contributed by atoms with Gasteiger partial charge in [-0.1, -0.05) is 29.8 Å². The highest BCUT2D eigenvalue weighted by Gasteiger charge is 2.05. The number of rotatable bonds is 7. The van der Waals surface area contributed by atoms with E-state index in [4.69, 9.17) is 10.5 Å². The number of hydrogen-bond acceptors (Lipinski definition) is 3. The van der Waals surface area contributed by atoms with Crippen LogP contribution >= 0.6 is 0 Å². The molecule has 0 aliphatic heterocycles. The largest absolute Gasteiger partial charge is 0.383 e. The van der Waals surface area contributed by atoms with Crippen molar-refractivity contribution in [3.8, 4) is 0 Å². The van der Waals surface area contributed by atoms with Crippen LogP contribution in [0.1, 0.15) is 17.5 Å². The van der Waals surface area contributed by atoms with Gasteiger partial charge < -0.3 is 15.8 Å². The van der Waals surface area contributed by atoms with Crippen LogP contribution in [0.5, 0.6) is 0 Å². The molecule has 1 unspecified atom stereocenters. The Kier molecular flexibility index (Phi) is 6.39. The molecule has 0 saturated heterocycles. The Morgan fingerprint density at radius 3 is 2.94 bits per heavy atom. The van der Waals surface area contributed by atoms with Crippen molar-refractivity contribution in [3.05, 3.63) is 35.4 Å². The van der Waals surface area contributed by atoms with Gasteiger partial charge in [0.1, 0.15) is 0 Å². The van der Waals surface area contributed by atoms with E-state index in [1.165, 1.54) is 5.56 Å². The molecular formula is C14H22N2O2. The Hall–Kier alpha value is -1.39. The number of aryl methyl sites for hydroxylation is 1. The fourth-order valence-electron chi connectivity index (χ4n) is 1.76. The first-order valence-corrected chi connectivity index (χ1v) is 6.18. The van der Waals surface area contributed by atoms with Gasteiger partial charge in [-0.2, -0.15) is 0 Å². The molecule has 0 aromatic heterocycles. The summed E-state index contributed by atoms with van der Waals surface area (Å²) < 4.78 is 4.93. The number of nitrogens with two attached hydrogens (primary N) is 1. The Morgan fingerprint density at radius 1 is 1.50 bits per heavy atom. The molecule has 1 atom stereocenters. The Balaban J connectivity index is 2.25. The minimum Gasteiger partial charge on any atom is -0.383 e. The number of amides is 1. The van der Waals surface area contributed by atoms with Crippen LogP contribution < -0.4 is 11.1 Å². The van der Waals surface area contributed by atoms with E-state index < -0.39 is 0 Å². The van der Waals surface area contributed by atoms with Gasteiger partial charge in [0, 0.05) is 19.7 Å². The van der Waals surface area contributed by atoms with Crippen LogP contribution in [0.25, 0.3) is 0 Å². The summed E-state index contributed by atoms with van der Waals surface area (Å²) in [5.74, 6) is 0.0326. The number of hydrogen-bond donors (Lipinski definition) is 2. The molecule has 0 spiro atoms. The smallest absolute Gasteiger partial charge is 0.224 e. The second-order valence-electron chi connectivity index (χ2n) is 4.52. The predicted molar refractivity (Wildman–Crippen MR) is 72.4 cm³/mol. The first kappa shape index (κ1) is 14.7. The van der Waals surface area contributed by atoms with Crippen molar-refractivity contribution in [1.29, 1.82) is 0 Å². The van der Waals surface area contributed by atoms with Crippen LogP contribution in [0.4, 0.5) is 0 Å². The van der Waals surface area contributed by atoms with E-state index in [2.05, 4.69) is 5.32 Å². The summed E-state index contributed by atoms with van der Waals surface area (Å²) in [7, 11) is 1.62. The number of benzene rings is 1. The number of ether oxygens (including phenoxy) is 1. The summed E-state index contributed by atoms with van der Waals surface area (Å²) >= 11 is 0. The molecule has 1 rings (SSSR count). The van der Waals surface area contributed by atoms with Crippen molar-refractivity contribution < 1.29 is 9.53 Å². The minimum absolute atomic E-state index is 0.0192. The van der Waals surface area contributed by atoms with Gasteiger partial charge in [0.05, 0.1) is 13.0 Å². The van der Waals surface area contributed by atoms with Crippen molar-refractivity contribution in [3.63, 3.8) is 0 Å². The van der Waals surface area contributed by atoms with Gasteiger partial charge in [-0.25, -0.2) is 0 Å². The summed E-state index contributed by atoms with van der Waals surface area (Å²) in [6, 6.07) is 7.95. The molecular weight excluding hydrogens is 228 g/mol. The number of nitrogens with one attached hydrogen (secondary N) is 1. The van der Waals surface area contributed by atoms with Crippen molar-refractivity contribution in [2.75, 3.05) is 20.3 Å². The first-order valence-electron chi connectivity index (χ1n) is 6.18. The van der Waals surface area contributed by atoms with Gasteiger partial charge in [0.15, 0.2) is 0 Å². The molecule has 18 heavy (non-hydrogen) atoms. The van der Waals surface area contributed by atoms with Gasteiger partial charge in [-0.3, -0.25) is 4.79 Å². The molecule has 0 heterocycles. The van der Waals surface area contributed by atoms with Gasteiger partial charge in [-0.15, -0.1) is 0 Å². The molecule has 0 aliphatic carbocycles. The summed E-state index contributed by atoms with van der Waals surface area (Å²) in [5, 5.41) is 2.87. The zero-order valence-corrected chi connectivity index (χ0v) is 11.1. The Bertz CT molecular complexity index is 380. The summed E-state index contributed by atoms with van der Waals surface area (Å²) in [4.78, 5) is 11.7. The Labute approximate surface area is 109 Å². The van der Waals surface area contributed by atoms with E-state index in [-0.39, 0.29) is 11.9 Å². The van der Waals surface area contributed by atoms with E-state index in [0.717, 1.165) is 12.0 Å². The predicted octanol–water partition coefficient (Wildman–Crippen LogP) is 1.02. The highest BCUT2D eigenvalue weighted by Crippen LogP contribution is 2.04. The van der Waals surface area contributed by atoms with Crippen LogP contribution in [0.3, 0.4) is 0 Å². The van der Waals surface area contributed by atoms with E-state index in [1.807, 2.05) is 31.2 Å². The number of carbonyl (C=O) groups is 1. The van der Waals surface area contributed by atoms with Crippen LogP contribution in [0.2, 0.25) is 0 Å². The maximum Gasteiger partial charge on any atom is 0.224 e. The van der Waals surface area contributed by atoms with E-state index >= 15 is 0 Å². The van der Waals surface area contributed by atoms with Crippen molar-refractivity contribution in [2.24, 2.45) is 5.73 Å². The lowest BCUT2D eigenvalue weighted by atomic mass is 10.1. The first-order chi connectivity index (χ1) is 8.61. The molecule has 3 N–H and O–H groups in total. The van der Waals surface area contributed by atoms with Crippen LogP contribution in [-0.2, 0) is 16.0 Å². The molecule has 0 radical (unpaired) electrons. The molecule has 4 heteroatoms. The molecule has 0 bridgehead atoms. The van der Waals surface area contributed by atoms with Crippen LogP contribution in [-0.4, -0.2) is 32.2 Å². The molecule has 1 aromatic rings. The highest BCUT2D eigenvalue weighted by molar-refractivity contribution is 5.78. The van der Waals surface area contributed by atoms with Crippen molar-refractivity contribution in [1.82, 2.24) is 5.32 Å². The van der Waals surface area contributed by atoms with Gasteiger partial charge in [-0.05, 0) is 18.9 Å². The van der Waals surface area contributed by atoms with Crippen molar-refractivity contribution in [2.45, 2.75) is 25.8 Å². The molecule has 0 fully saturated rings. The normalized spacial score (nSPS) is 12.2. The second kappa shape index (κ2) is 7.84. The second-order valence-corrected chi connectivity index (χ2v) is 4.52. The zero-order valence-electron chi connectivity index (χ0n) is 11.1. The SMILES string of the molecule is COCC(N)CCNC(=O)Cc1cccc(C)c1. The van der Waals surface area contributed by atoms with Gasteiger partial charge in [0.25, 0.3) is 0 Å². The zero-order chi connectivity index (χ0) is 13.4. The third-order valence-electron chi connectivity index (χ3n) is 2.67. The van der Waals surface area contributed by atoms with Gasteiger partial charge in [0.2, 0.25) is 5.91 Å². The highest BCUT2D eigenvalue weighted by atomic mass is 16.5. The third kappa shape index (κ3) is 5.80. The van der Waals surface area contributed by atoms with Crippen molar-refractivity contribution >= 4 is 5.91 Å². The molecule has 100 valence electrons. The minimum atomic E-state index is -0.0192. The van der Waals surface area contributed by atoms with E-state index in [9.17, 15) is 4.79 Å². The monoisotopic (exact) mass is 250 g/mol. The fraction of sp³-hybridized carbons (Fsp3) is 0.500. The van der Waals surface area contributed by atoms with E-state index in [1.54, 1.807) is 7.11 Å².